The van der Waals surface area contributed by atoms with Crippen LogP contribution in [0.2, 0.25) is 0 Å². The smallest absolute Gasteiger partial charge is 0.255 e. The molecule has 0 bridgehead atoms. The molecule has 6 nitrogen and oxygen atoms in total. The van der Waals surface area contributed by atoms with E-state index in [0.717, 1.165) is 31.6 Å². The van der Waals surface area contributed by atoms with Crippen molar-refractivity contribution < 1.29 is 14.3 Å². The highest BCUT2D eigenvalue weighted by atomic mass is 16.5. The third kappa shape index (κ3) is 4.86. The Morgan fingerprint density at radius 2 is 1.78 bits per heavy atom. The lowest BCUT2D eigenvalue weighted by Gasteiger charge is -2.22. The molecule has 2 amide bonds. The van der Waals surface area contributed by atoms with Gasteiger partial charge in [0.1, 0.15) is 0 Å². The quantitative estimate of drug-likeness (QED) is 0.738. The van der Waals surface area contributed by atoms with E-state index >= 15 is 0 Å². The number of carbonyl (C=O) groups is 2. The van der Waals surface area contributed by atoms with Crippen LogP contribution in [-0.2, 0) is 4.74 Å². The Labute approximate surface area is 159 Å². The van der Waals surface area contributed by atoms with Crippen molar-refractivity contribution in [1.29, 1.82) is 0 Å². The normalized spacial score (nSPS) is 13.4. The van der Waals surface area contributed by atoms with Gasteiger partial charge in [0.25, 0.3) is 11.8 Å². The van der Waals surface area contributed by atoms with Gasteiger partial charge in [-0.3, -0.25) is 9.59 Å². The largest absolute Gasteiger partial charge is 0.383 e. The number of hydrogen-bond donors (Lipinski definition) is 2. The van der Waals surface area contributed by atoms with E-state index in [0.29, 0.717) is 30.0 Å². The van der Waals surface area contributed by atoms with Gasteiger partial charge < -0.3 is 20.3 Å². The Bertz CT molecular complexity index is 787. The standard InChI is InChI=1S/C21H25N3O3/c1-27-14-11-22-21(26)18-15-17(9-10-19(18)24-12-5-6-13-24)23-20(25)16-7-3-2-4-8-16/h2-4,7-10,15H,5-6,11-14H2,1H3,(H,22,26)(H,23,25). The van der Waals surface area contributed by atoms with E-state index < -0.39 is 0 Å². The van der Waals surface area contributed by atoms with Gasteiger partial charge in [0.2, 0.25) is 0 Å². The first-order chi connectivity index (χ1) is 13.2. The van der Waals surface area contributed by atoms with E-state index in [2.05, 4.69) is 15.5 Å². The number of carbonyl (C=O) groups excluding carboxylic acids is 2. The van der Waals surface area contributed by atoms with Gasteiger partial charge in [0, 0.05) is 43.7 Å². The zero-order valence-corrected chi connectivity index (χ0v) is 15.5. The molecule has 0 aromatic heterocycles. The molecule has 3 rings (SSSR count). The maximum absolute atomic E-state index is 12.7. The fraction of sp³-hybridized carbons (Fsp3) is 0.333. The topological polar surface area (TPSA) is 70.7 Å². The summed E-state index contributed by atoms with van der Waals surface area (Å²) in [6.07, 6.45) is 2.24. The maximum atomic E-state index is 12.7. The minimum atomic E-state index is -0.199. The number of hydrogen-bond acceptors (Lipinski definition) is 4. The molecule has 1 saturated heterocycles. The number of nitrogens with zero attached hydrogens (tertiary/aromatic N) is 1. The number of methoxy groups -OCH3 is 1. The van der Waals surface area contributed by atoms with E-state index in [9.17, 15) is 9.59 Å². The maximum Gasteiger partial charge on any atom is 0.255 e. The lowest BCUT2D eigenvalue weighted by molar-refractivity contribution is 0.0936. The fourth-order valence-electron chi connectivity index (χ4n) is 3.18. The van der Waals surface area contributed by atoms with Crippen LogP contribution in [0.5, 0.6) is 0 Å². The van der Waals surface area contributed by atoms with Gasteiger partial charge in [-0.1, -0.05) is 18.2 Å². The van der Waals surface area contributed by atoms with E-state index in [1.54, 1.807) is 25.3 Å². The molecule has 27 heavy (non-hydrogen) atoms. The average Bonchev–Trinajstić information content (AvgIpc) is 3.23. The van der Waals surface area contributed by atoms with Gasteiger partial charge in [-0.2, -0.15) is 0 Å². The molecule has 2 aromatic carbocycles. The first kappa shape index (κ1) is 18.9. The predicted octanol–water partition coefficient (Wildman–Crippen LogP) is 2.92. The highest BCUT2D eigenvalue weighted by Crippen LogP contribution is 2.27. The molecule has 2 N–H and O–H groups in total. The van der Waals surface area contributed by atoms with Crippen LogP contribution >= 0.6 is 0 Å². The summed E-state index contributed by atoms with van der Waals surface area (Å²) in [6.45, 7) is 2.77. The van der Waals surface area contributed by atoms with Crippen molar-refractivity contribution in [3.05, 3.63) is 59.7 Å². The zero-order chi connectivity index (χ0) is 19.1. The summed E-state index contributed by atoms with van der Waals surface area (Å²) in [7, 11) is 1.60. The van der Waals surface area contributed by atoms with Crippen molar-refractivity contribution in [3.63, 3.8) is 0 Å². The second kappa shape index (κ2) is 9.19. The predicted molar refractivity (Wildman–Crippen MR) is 106 cm³/mol. The van der Waals surface area contributed by atoms with Crippen molar-refractivity contribution in [2.24, 2.45) is 0 Å². The summed E-state index contributed by atoms with van der Waals surface area (Å²) >= 11 is 0. The van der Waals surface area contributed by atoms with Crippen LogP contribution in [0.3, 0.4) is 0 Å². The lowest BCUT2D eigenvalue weighted by atomic mass is 10.1. The third-order valence-electron chi connectivity index (χ3n) is 4.57. The molecule has 0 aliphatic carbocycles. The number of amides is 2. The molecule has 2 aromatic rings. The van der Waals surface area contributed by atoms with Gasteiger partial charge in [-0.15, -0.1) is 0 Å². The van der Waals surface area contributed by atoms with E-state index in [1.165, 1.54) is 0 Å². The number of nitrogens with one attached hydrogen (secondary N) is 2. The SMILES string of the molecule is COCCNC(=O)c1cc(NC(=O)c2ccccc2)ccc1N1CCCC1. The Morgan fingerprint density at radius 3 is 2.48 bits per heavy atom. The molecule has 0 saturated carbocycles. The lowest BCUT2D eigenvalue weighted by Crippen LogP contribution is -2.30. The number of rotatable bonds is 7. The van der Waals surface area contributed by atoms with Crippen LogP contribution < -0.4 is 15.5 Å². The van der Waals surface area contributed by atoms with Crippen molar-refractivity contribution in [3.8, 4) is 0 Å². The number of benzene rings is 2. The zero-order valence-electron chi connectivity index (χ0n) is 15.5. The van der Waals surface area contributed by atoms with Gasteiger partial charge in [-0.25, -0.2) is 0 Å². The number of anilines is 2. The van der Waals surface area contributed by atoms with Crippen molar-refractivity contribution in [2.75, 3.05) is 43.6 Å². The molecule has 142 valence electrons. The summed E-state index contributed by atoms with van der Waals surface area (Å²) in [5.41, 5.74) is 2.65. The van der Waals surface area contributed by atoms with Gasteiger partial charge in [0.05, 0.1) is 12.2 Å². The van der Waals surface area contributed by atoms with E-state index in [-0.39, 0.29) is 11.8 Å². The van der Waals surface area contributed by atoms with Crippen LogP contribution in [0.1, 0.15) is 33.6 Å². The van der Waals surface area contributed by atoms with Crippen LogP contribution in [-0.4, -0.2) is 45.2 Å². The minimum Gasteiger partial charge on any atom is -0.383 e. The van der Waals surface area contributed by atoms with Crippen molar-refractivity contribution >= 4 is 23.2 Å². The molecule has 1 fully saturated rings. The Hall–Kier alpha value is -2.86. The molecule has 1 heterocycles. The van der Waals surface area contributed by atoms with Crippen molar-refractivity contribution in [2.45, 2.75) is 12.8 Å². The molecular formula is C21H25N3O3. The second-order valence-corrected chi connectivity index (χ2v) is 6.49. The van der Waals surface area contributed by atoms with Crippen LogP contribution in [0, 0.1) is 0 Å². The summed E-state index contributed by atoms with van der Waals surface area (Å²) in [5.74, 6) is -0.361. The van der Waals surface area contributed by atoms with Gasteiger partial charge in [0.15, 0.2) is 0 Å². The monoisotopic (exact) mass is 367 g/mol. The minimum absolute atomic E-state index is 0.162. The summed E-state index contributed by atoms with van der Waals surface area (Å²) < 4.78 is 5.00. The summed E-state index contributed by atoms with van der Waals surface area (Å²) in [6, 6.07) is 14.5. The Kier molecular flexibility index (Phi) is 6.44. The Balaban J connectivity index is 1.82. The third-order valence-corrected chi connectivity index (χ3v) is 4.57. The first-order valence-electron chi connectivity index (χ1n) is 9.21. The fourth-order valence-corrected chi connectivity index (χ4v) is 3.18. The molecule has 0 atom stereocenters. The highest BCUT2D eigenvalue weighted by Gasteiger charge is 2.20. The highest BCUT2D eigenvalue weighted by molar-refractivity contribution is 6.06. The van der Waals surface area contributed by atoms with E-state index in [1.807, 2.05) is 30.3 Å². The van der Waals surface area contributed by atoms with Crippen LogP contribution in [0.15, 0.2) is 48.5 Å². The summed E-state index contributed by atoms with van der Waals surface area (Å²) in [4.78, 5) is 27.3. The molecule has 1 aliphatic heterocycles. The molecule has 6 heteroatoms. The van der Waals surface area contributed by atoms with Gasteiger partial charge in [-0.05, 0) is 43.2 Å². The first-order valence-corrected chi connectivity index (χ1v) is 9.21. The molecule has 0 radical (unpaired) electrons. The van der Waals surface area contributed by atoms with Crippen LogP contribution in [0.25, 0.3) is 0 Å². The molecular weight excluding hydrogens is 342 g/mol. The van der Waals surface area contributed by atoms with Crippen LogP contribution in [0.4, 0.5) is 11.4 Å². The Morgan fingerprint density at radius 1 is 1.04 bits per heavy atom. The second-order valence-electron chi connectivity index (χ2n) is 6.49. The van der Waals surface area contributed by atoms with E-state index in [4.69, 9.17) is 4.74 Å². The molecule has 0 unspecified atom stereocenters. The average molecular weight is 367 g/mol. The molecule has 1 aliphatic rings. The molecule has 0 spiro atoms. The van der Waals surface area contributed by atoms with Crippen molar-refractivity contribution in [1.82, 2.24) is 5.32 Å². The summed E-state index contributed by atoms with van der Waals surface area (Å²) in [5, 5.41) is 5.75. The van der Waals surface area contributed by atoms with Gasteiger partial charge >= 0.3 is 0 Å². The number of ether oxygens (including phenoxy) is 1.